The third-order valence-corrected chi connectivity index (χ3v) is 9.35. The van der Waals surface area contributed by atoms with Crippen molar-refractivity contribution < 1.29 is 19.1 Å². The molecule has 3 N–H and O–H groups in total. The molecule has 0 aromatic carbocycles. The third kappa shape index (κ3) is 23.7. The second-order valence-corrected chi connectivity index (χ2v) is 13.5. The molecule has 0 aliphatic carbocycles. The Morgan fingerprint density at radius 1 is 0.689 bits per heavy atom. The van der Waals surface area contributed by atoms with Crippen LogP contribution in [0.2, 0.25) is 0 Å². The van der Waals surface area contributed by atoms with E-state index in [2.05, 4.69) is 19.2 Å². The second-order valence-electron chi connectivity index (χ2n) is 13.5. The predicted octanol–water partition coefficient (Wildman–Crippen LogP) is 8.86. The maximum atomic E-state index is 12.9. The van der Waals surface area contributed by atoms with Crippen LogP contribution in [0, 0.1) is 0 Å². The average Bonchev–Trinajstić information content (AvgIpc) is 3.55. The molecule has 1 heterocycles. The highest BCUT2D eigenvalue weighted by atomic mass is 16.5. The summed E-state index contributed by atoms with van der Waals surface area (Å²) in [4.78, 5) is 26.7. The Morgan fingerprint density at radius 3 is 1.60 bits per heavy atom. The zero-order valence-electron chi connectivity index (χ0n) is 29.9. The monoisotopic (exact) mass is 638 g/mol. The van der Waals surface area contributed by atoms with Crippen molar-refractivity contribution in [3.05, 3.63) is 0 Å². The molecule has 1 rings (SSSR count). The van der Waals surface area contributed by atoms with Gasteiger partial charge in [0.05, 0.1) is 19.3 Å². The Labute approximate surface area is 278 Å². The SMILES string of the molecule is CCCCCCCCCCCCCCOCC(CNC(=O)[C@@H]1CCCN1C(=O)CN)OCCCCCCCCCCCCCC. The maximum absolute atomic E-state index is 12.9. The van der Waals surface area contributed by atoms with Crippen LogP contribution in [0.3, 0.4) is 0 Å². The fourth-order valence-corrected chi connectivity index (χ4v) is 6.41. The largest absolute Gasteiger partial charge is 0.379 e. The standard InChI is InChI=1S/C38H75N3O4/c1-3-5-7-9-11-13-15-17-19-21-23-25-30-44-34-35(33-40-38(43)36-28-27-29-41(36)37(42)32-39)45-31-26-24-22-20-18-16-14-12-10-8-6-4-2/h35-36H,3-34,39H2,1-2H3,(H,40,43)/t35?,36-/m0/s1. The molecule has 2 amide bonds. The normalized spacial score (nSPS) is 15.5. The summed E-state index contributed by atoms with van der Waals surface area (Å²) in [5, 5.41) is 3.05. The van der Waals surface area contributed by atoms with Crippen LogP contribution in [-0.4, -0.2) is 68.3 Å². The number of hydrogen-bond donors (Lipinski definition) is 2. The van der Waals surface area contributed by atoms with Crippen LogP contribution in [0.25, 0.3) is 0 Å². The fourth-order valence-electron chi connectivity index (χ4n) is 6.41. The molecule has 0 radical (unpaired) electrons. The van der Waals surface area contributed by atoms with Crippen LogP contribution in [0.4, 0.5) is 0 Å². The van der Waals surface area contributed by atoms with Gasteiger partial charge in [-0.15, -0.1) is 0 Å². The summed E-state index contributed by atoms with van der Waals surface area (Å²) >= 11 is 0. The van der Waals surface area contributed by atoms with Crippen molar-refractivity contribution in [3.63, 3.8) is 0 Å². The molecule has 1 aliphatic heterocycles. The van der Waals surface area contributed by atoms with Gasteiger partial charge in [0.2, 0.25) is 11.8 Å². The van der Waals surface area contributed by atoms with Crippen molar-refractivity contribution >= 4 is 11.8 Å². The number of amides is 2. The van der Waals surface area contributed by atoms with Gasteiger partial charge in [-0.25, -0.2) is 0 Å². The minimum Gasteiger partial charge on any atom is -0.379 e. The van der Waals surface area contributed by atoms with Gasteiger partial charge in [-0.3, -0.25) is 9.59 Å². The van der Waals surface area contributed by atoms with E-state index in [1.54, 1.807) is 4.90 Å². The molecular formula is C38H75N3O4. The summed E-state index contributed by atoms with van der Waals surface area (Å²) in [6.07, 6.45) is 33.2. The lowest BCUT2D eigenvalue weighted by Gasteiger charge is -2.25. The first-order chi connectivity index (χ1) is 22.1. The van der Waals surface area contributed by atoms with Crippen molar-refractivity contribution in [2.45, 2.75) is 193 Å². The first-order valence-corrected chi connectivity index (χ1v) is 19.6. The molecule has 0 spiro atoms. The van der Waals surface area contributed by atoms with Gasteiger partial charge >= 0.3 is 0 Å². The number of nitrogens with two attached hydrogens (primary N) is 1. The molecule has 7 nitrogen and oxygen atoms in total. The van der Waals surface area contributed by atoms with E-state index in [1.807, 2.05) is 0 Å². The molecule has 1 saturated heterocycles. The molecule has 0 bridgehead atoms. The van der Waals surface area contributed by atoms with Gasteiger partial charge in [-0.05, 0) is 25.7 Å². The Kier molecular flexibility index (Phi) is 29.2. The average molecular weight is 638 g/mol. The summed E-state index contributed by atoms with van der Waals surface area (Å²) in [6.45, 7) is 7.45. The van der Waals surface area contributed by atoms with Gasteiger partial charge in [0, 0.05) is 26.3 Å². The Balaban J connectivity index is 2.23. The van der Waals surface area contributed by atoms with Gasteiger partial charge in [0.25, 0.3) is 0 Å². The minimum absolute atomic E-state index is 0.0540. The summed E-state index contributed by atoms with van der Waals surface area (Å²) < 4.78 is 12.2. The lowest BCUT2D eigenvalue weighted by molar-refractivity contribution is -0.137. The highest BCUT2D eigenvalue weighted by Crippen LogP contribution is 2.18. The molecule has 1 unspecified atom stereocenters. The summed E-state index contributed by atoms with van der Waals surface area (Å²) in [6, 6.07) is -0.417. The molecule has 0 aromatic rings. The molecule has 45 heavy (non-hydrogen) atoms. The summed E-state index contributed by atoms with van der Waals surface area (Å²) in [5.41, 5.74) is 5.56. The van der Waals surface area contributed by atoms with E-state index < -0.39 is 6.04 Å². The van der Waals surface area contributed by atoms with Gasteiger partial charge in [0.15, 0.2) is 0 Å². The minimum atomic E-state index is -0.417. The molecule has 2 atom stereocenters. The Hall–Kier alpha value is -1.18. The van der Waals surface area contributed by atoms with Gasteiger partial charge in [0.1, 0.15) is 6.04 Å². The van der Waals surface area contributed by atoms with Gasteiger partial charge in [-0.2, -0.15) is 0 Å². The van der Waals surface area contributed by atoms with Crippen molar-refractivity contribution in [1.82, 2.24) is 10.2 Å². The highest BCUT2D eigenvalue weighted by Gasteiger charge is 2.33. The highest BCUT2D eigenvalue weighted by molar-refractivity contribution is 5.88. The van der Waals surface area contributed by atoms with E-state index in [-0.39, 0.29) is 24.5 Å². The van der Waals surface area contributed by atoms with Crippen molar-refractivity contribution in [2.24, 2.45) is 5.73 Å². The number of unbranched alkanes of at least 4 members (excludes halogenated alkanes) is 22. The summed E-state index contributed by atoms with van der Waals surface area (Å²) in [5.74, 6) is -0.257. The second kappa shape index (κ2) is 31.4. The van der Waals surface area contributed by atoms with Crippen molar-refractivity contribution in [3.8, 4) is 0 Å². The molecule has 0 aromatic heterocycles. The zero-order valence-corrected chi connectivity index (χ0v) is 29.9. The quantitative estimate of drug-likeness (QED) is 0.0701. The van der Waals surface area contributed by atoms with E-state index in [4.69, 9.17) is 15.2 Å². The molecule has 7 heteroatoms. The number of ether oxygens (including phenoxy) is 2. The van der Waals surface area contributed by atoms with E-state index in [0.717, 1.165) is 25.9 Å². The van der Waals surface area contributed by atoms with Crippen LogP contribution < -0.4 is 11.1 Å². The van der Waals surface area contributed by atoms with Crippen molar-refractivity contribution in [2.75, 3.05) is 39.5 Å². The van der Waals surface area contributed by atoms with Crippen LogP contribution in [0.5, 0.6) is 0 Å². The number of carbonyl (C=O) groups excluding carboxylic acids is 2. The predicted molar refractivity (Wildman–Crippen MR) is 190 cm³/mol. The van der Waals surface area contributed by atoms with E-state index in [9.17, 15) is 9.59 Å². The molecule has 1 aliphatic rings. The number of carbonyl (C=O) groups is 2. The lowest BCUT2D eigenvalue weighted by atomic mass is 10.1. The Bertz CT molecular complexity index is 677. The fraction of sp³-hybridized carbons (Fsp3) is 0.947. The smallest absolute Gasteiger partial charge is 0.242 e. The zero-order chi connectivity index (χ0) is 32.6. The van der Waals surface area contributed by atoms with Crippen LogP contribution in [0.15, 0.2) is 0 Å². The third-order valence-electron chi connectivity index (χ3n) is 9.35. The molecule has 0 saturated carbocycles. The lowest BCUT2D eigenvalue weighted by Crippen LogP contribution is -2.49. The maximum Gasteiger partial charge on any atom is 0.242 e. The molecule has 266 valence electrons. The van der Waals surface area contributed by atoms with Gasteiger partial charge < -0.3 is 25.4 Å². The van der Waals surface area contributed by atoms with E-state index in [1.165, 1.54) is 141 Å². The first-order valence-electron chi connectivity index (χ1n) is 19.6. The van der Waals surface area contributed by atoms with Gasteiger partial charge in [-0.1, -0.05) is 155 Å². The summed E-state index contributed by atoms with van der Waals surface area (Å²) in [7, 11) is 0. The first kappa shape index (κ1) is 41.8. The topological polar surface area (TPSA) is 93.9 Å². The molecular weight excluding hydrogens is 562 g/mol. The van der Waals surface area contributed by atoms with E-state index >= 15 is 0 Å². The number of nitrogens with one attached hydrogen (secondary N) is 1. The molecule has 1 fully saturated rings. The van der Waals surface area contributed by atoms with Crippen LogP contribution >= 0.6 is 0 Å². The number of rotatable bonds is 33. The van der Waals surface area contributed by atoms with E-state index in [0.29, 0.717) is 32.7 Å². The number of nitrogens with zero attached hydrogens (tertiary/aromatic N) is 1. The van der Waals surface area contributed by atoms with Crippen molar-refractivity contribution in [1.29, 1.82) is 0 Å². The Morgan fingerprint density at radius 2 is 1.13 bits per heavy atom. The number of hydrogen-bond acceptors (Lipinski definition) is 5. The van der Waals surface area contributed by atoms with Crippen LogP contribution in [0.1, 0.15) is 181 Å². The van der Waals surface area contributed by atoms with Crippen LogP contribution in [-0.2, 0) is 19.1 Å². The number of likely N-dealkylation sites (tertiary alicyclic amines) is 1.